The van der Waals surface area contributed by atoms with Crippen LogP contribution >= 0.6 is 11.6 Å². The van der Waals surface area contributed by atoms with Gasteiger partial charge in [0.25, 0.3) is 0 Å². The predicted octanol–water partition coefficient (Wildman–Crippen LogP) is 3.45. The van der Waals surface area contributed by atoms with Crippen LogP contribution in [0.5, 0.6) is 0 Å². The zero-order valence-electron chi connectivity index (χ0n) is 15.2. The first-order valence-corrected chi connectivity index (χ1v) is 10.7. The van der Waals surface area contributed by atoms with Crippen molar-refractivity contribution in [3.05, 3.63) is 65.2 Å². The Morgan fingerprint density at radius 2 is 1.81 bits per heavy atom. The molecule has 1 aliphatic rings. The molecule has 0 aromatic heterocycles. The summed E-state index contributed by atoms with van der Waals surface area (Å²) in [5.74, 6) is -0.123. The van der Waals surface area contributed by atoms with E-state index in [1.54, 1.807) is 12.1 Å². The maximum absolute atomic E-state index is 12.9. The second-order valence-corrected chi connectivity index (χ2v) is 9.50. The highest BCUT2D eigenvalue weighted by atomic mass is 35.5. The number of piperidine rings is 1. The van der Waals surface area contributed by atoms with E-state index in [-0.39, 0.29) is 17.3 Å². The molecule has 1 amide bonds. The molecule has 3 rings (SSSR count). The molecule has 1 unspecified atom stereocenters. The number of hydrogen-bond donors (Lipinski definition) is 1. The number of hydrogen-bond acceptors (Lipinski definition) is 3. The van der Waals surface area contributed by atoms with Gasteiger partial charge in [0.2, 0.25) is 15.9 Å². The number of nitrogens with one attached hydrogen (secondary N) is 1. The van der Waals surface area contributed by atoms with Crippen LogP contribution < -0.4 is 5.32 Å². The largest absolute Gasteiger partial charge is 0.352 e. The fourth-order valence-electron chi connectivity index (χ4n) is 3.33. The number of rotatable bonds is 5. The summed E-state index contributed by atoms with van der Waals surface area (Å²) < 4.78 is 27.3. The van der Waals surface area contributed by atoms with Gasteiger partial charge in [-0.15, -0.1) is 0 Å². The molecule has 7 heteroatoms. The van der Waals surface area contributed by atoms with Gasteiger partial charge in [-0.2, -0.15) is 4.31 Å². The number of carbonyl (C=O) groups is 1. The summed E-state index contributed by atoms with van der Waals surface area (Å²) in [4.78, 5) is 13.0. The quantitative estimate of drug-likeness (QED) is 0.826. The van der Waals surface area contributed by atoms with E-state index in [0.29, 0.717) is 31.0 Å². The molecule has 0 bridgehead atoms. The van der Waals surface area contributed by atoms with Crippen LogP contribution in [0.2, 0.25) is 5.02 Å². The van der Waals surface area contributed by atoms with Crippen LogP contribution in [0.3, 0.4) is 0 Å². The Kier molecular flexibility index (Phi) is 5.89. The van der Waals surface area contributed by atoms with Crippen molar-refractivity contribution >= 4 is 27.5 Å². The molecule has 0 saturated carbocycles. The molecule has 1 aliphatic heterocycles. The highest BCUT2D eigenvalue weighted by Gasteiger charge is 2.41. The van der Waals surface area contributed by atoms with Crippen molar-refractivity contribution in [2.75, 3.05) is 13.1 Å². The van der Waals surface area contributed by atoms with Gasteiger partial charge >= 0.3 is 0 Å². The first-order valence-electron chi connectivity index (χ1n) is 8.89. The van der Waals surface area contributed by atoms with E-state index in [1.165, 1.54) is 16.4 Å². The zero-order chi connectivity index (χ0) is 19.5. The normalized spacial score (nSPS) is 21.0. The minimum Gasteiger partial charge on any atom is -0.352 e. The molecular formula is C20H23ClN2O3S. The molecule has 1 atom stereocenters. The number of sulfonamides is 1. The number of amides is 1. The molecule has 1 heterocycles. The van der Waals surface area contributed by atoms with E-state index in [0.717, 1.165) is 5.56 Å². The molecule has 0 radical (unpaired) electrons. The van der Waals surface area contributed by atoms with E-state index in [4.69, 9.17) is 11.6 Å². The lowest BCUT2D eigenvalue weighted by atomic mass is 9.82. The van der Waals surface area contributed by atoms with Crippen LogP contribution in [0.1, 0.15) is 25.3 Å². The Labute approximate surface area is 165 Å². The smallest absolute Gasteiger partial charge is 0.243 e. The number of nitrogens with zero attached hydrogens (tertiary/aromatic N) is 1. The molecule has 2 aromatic rings. The summed E-state index contributed by atoms with van der Waals surface area (Å²) in [5, 5.41) is 3.43. The molecule has 0 aliphatic carbocycles. The Morgan fingerprint density at radius 3 is 2.48 bits per heavy atom. The van der Waals surface area contributed by atoms with Gasteiger partial charge in [0.05, 0.1) is 10.3 Å². The average molecular weight is 407 g/mol. The van der Waals surface area contributed by atoms with E-state index in [1.807, 2.05) is 37.3 Å². The maximum atomic E-state index is 12.9. The van der Waals surface area contributed by atoms with Crippen molar-refractivity contribution in [3.63, 3.8) is 0 Å². The molecule has 2 aromatic carbocycles. The summed E-state index contributed by atoms with van der Waals surface area (Å²) in [6, 6.07) is 15.8. The third-order valence-corrected chi connectivity index (χ3v) is 7.07. The van der Waals surface area contributed by atoms with Gasteiger partial charge in [-0.1, -0.05) is 41.9 Å². The fraction of sp³-hybridized carbons (Fsp3) is 0.350. The molecule has 0 spiro atoms. The van der Waals surface area contributed by atoms with E-state index in [2.05, 4.69) is 5.32 Å². The molecule has 1 saturated heterocycles. The highest BCUT2D eigenvalue weighted by molar-refractivity contribution is 7.89. The van der Waals surface area contributed by atoms with Crippen LogP contribution in [0.25, 0.3) is 0 Å². The van der Waals surface area contributed by atoms with Crippen LogP contribution in [0, 0.1) is 5.41 Å². The third kappa shape index (κ3) is 4.51. The maximum Gasteiger partial charge on any atom is 0.243 e. The Hall–Kier alpha value is -1.89. The van der Waals surface area contributed by atoms with Gasteiger partial charge in [0.15, 0.2) is 0 Å². The van der Waals surface area contributed by atoms with E-state index < -0.39 is 15.4 Å². The van der Waals surface area contributed by atoms with Crippen molar-refractivity contribution in [2.45, 2.75) is 31.2 Å². The summed E-state index contributed by atoms with van der Waals surface area (Å²) in [5.41, 5.74) is 0.253. The monoisotopic (exact) mass is 406 g/mol. The number of halogens is 1. The van der Waals surface area contributed by atoms with Crippen molar-refractivity contribution in [1.29, 1.82) is 0 Å². The zero-order valence-corrected chi connectivity index (χ0v) is 16.8. The van der Waals surface area contributed by atoms with Crippen LogP contribution in [0.4, 0.5) is 0 Å². The topological polar surface area (TPSA) is 66.5 Å². The van der Waals surface area contributed by atoms with E-state index >= 15 is 0 Å². The van der Waals surface area contributed by atoms with Crippen molar-refractivity contribution in [2.24, 2.45) is 5.41 Å². The molecule has 27 heavy (non-hydrogen) atoms. The van der Waals surface area contributed by atoms with Gasteiger partial charge < -0.3 is 5.32 Å². The van der Waals surface area contributed by atoms with Gasteiger partial charge in [0, 0.05) is 24.7 Å². The minimum absolute atomic E-state index is 0.123. The highest BCUT2D eigenvalue weighted by Crippen LogP contribution is 2.33. The van der Waals surface area contributed by atoms with Crippen LogP contribution in [0.15, 0.2) is 59.5 Å². The molecule has 1 N–H and O–H groups in total. The lowest BCUT2D eigenvalue weighted by Crippen LogP contribution is -2.51. The Balaban J connectivity index is 1.72. The average Bonchev–Trinajstić information content (AvgIpc) is 2.67. The van der Waals surface area contributed by atoms with Crippen LogP contribution in [-0.2, 0) is 21.4 Å². The molecule has 144 valence electrons. The standard InChI is InChI=1S/C20H23ClN2O3S/c1-20(19(24)22-14-16-6-3-2-4-7-16)12-5-13-23(15-20)27(25,26)18-10-8-17(21)9-11-18/h2-4,6-11H,5,12-15H2,1H3,(H,22,24). The van der Waals surface area contributed by atoms with Gasteiger partial charge in [-0.25, -0.2) is 8.42 Å². The molecular weight excluding hydrogens is 384 g/mol. The van der Waals surface area contributed by atoms with Crippen molar-refractivity contribution < 1.29 is 13.2 Å². The predicted molar refractivity (Wildman–Crippen MR) is 106 cm³/mol. The SMILES string of the molecule is CC1(C(=O)NCc2ccccc2)CCCN(S(=O)(=O)c2ccc(Cl)cc2)C1. The summed E-state index contributed by atoms with van der Waals surface area (Å²) >= 11 is 5.86. The summed E-state index contributed by atoms with van der Waals surface area (Å²) in [7, 11) is -3.66. The number of carbonyl (C=O) groups excluding carboxylic acids is 1. The van der Waals surface area contributed by atoms with E-state index in [9.17, 15) is 13.2 Å². The first kappa shape index (κ1) is 19.9. The van der Waals surface area contributed by atoms with Crippen molar-refractivity contribution in [3.8, 4) is 0 Å². The fourth-order valence-corrected chi connectivity index (χ4v) is 5.06. The van der Waals surface area contributed by atoms with Gasteiger partial charge in [-0.3, -0.25) is 4.79 Å². The van der Waals surface area contributed by atoms with Crippen molar-refractivity contribution in [1.82, 2.24) is 9.62 Å². The second-order valence-electron chi connectivity index (χ2n) is 7.13. The Morgan fingerprint density at radius 1 is 1.15 bits per heavy atom. The lowest BCUT2D eigenvalue weighted by Gasteiger charge is -2.38. The van der Waals surface area contributed by atoms with Gasteiger partial charge in [0.1, 0.15) is 0 Å². The Bertz CT molecular complexity index is 901. The third-order valence-electron chi connectivity index (χ3n) is 4.96. The number of benzene rings is 2. The lowest BCUT2D eigenvalue weighted by molar-refractivity contribution is -0.132. The first-order chi connectivity index (χ1) is 12.8. The summed E-state index contributed by atoms with van der Waals surface area (Å²) in [6.07, 6.45) is 1.29. The minimum atomic E-state index is -3.66. The second kappa shape index (κ2) is 8.00. The van der Waals surface area contributed by atoms with Crippen LogP contribution in [-0.4, -0.2) is 31.7 Å². The molecule has 1 fully saturated rings. The molecule has 5 nitrogen and oxygen atoms in total. The summed E-state index contributed by atoms with van der Waals surface area (Å²) in [6.45, 7) is 2.83. The van der Waals surface area contributed by atoms with Gasteiger partial charge in [-0.05, 0) is 49.6 Å².